The Bertz CT molecular complexity index is 578. The van der Waals surface area contributed by atoms with E-state index < -0.39 is 15.6 Å². The zero-order valence-corrected chi connectivity index (χ0v) is 12.1. The van der Waals surface area contributed by atoms with E-state index in [4.69, 9.17) is 5.73 Å². The summed E-state index contributed by atoms with van der Waals surface area (Å²) in [5, 5.41) is 10.1. The summed E-state index contributed by atoms with van der Waals surface area (Å²) in [4.78, 5) is 0.228. The van der Waals surface area contributed by atoms with Crippen molar-refractivity contribution in [3.05, 3.63) is 23.8 Å². The van der Waals surface area contributed by atoms with Crippen LogP contribution in [0.1, 0.15) is 25.3 Å². The molecule has 0 atom stereocenters. The van der Waals surface area contributed by atoms with Crippen molar-refractivity contribution in [3.8, 4) is 0 Å². The number of aliphatic hydroxyl groups is 1. The summed E-state index contributed by atoms with van der Waals surface area (Å²) in [6, 6.07) is 4.85. The Kier molecular flexibility index (Phi) is 3.59. The molecule has 1 aliphatic rings. The van der Waals surface area contributed by atoms with Crippen molar-refractivity contribution in [2.45, 2.75) is 37.2 Å². The summed E-state index contributed by atoms with van der Waals surface area (Å²) in [7, 11) is -3.55. The summed E-state index contributed by atoms with van der Waals surface area (Å²) in [6.45, 7) is 4.04. The molecule has 1 aromatic carbocycles. The van der Waals surface area contributed by atoms with E-state index in [1.165, 1.54) is 10.4 Å². The van der Waals surface area contributed by atoms with Gasteiger partial charge in [0.15, 0.2) is 0 Å². The molecule has 106 valence electrons. The molecule has 1 aliphatic heterocycles. The number of anilines is 1. The first-order valence-corrected chi connectivity index (χ1v) is 7.81. The maximum Gasteiger partial charge on any atom is 0.243 e. The number of nitrogens with two attached hydrogens (primary N) is 1. The van der Waals surface area contributed by atoms with E-state index in [2.05, 4.69) is 0 Å². The molecule has 0 unspecified atom stereocenters. The van der Waals surface area contributed by atoms with Gasteiger partial charge >= 0.3 is 0 Å². The maximum absolute atomic E-state index is 12.4. The van der Waals surface area contributed by atoms with Gasteiger partial charge in [-0.05, 0) is 31.0 Å². The minimum atomic E-state index is -3.55. The lowest BCUT2D eigenvalue weighted by Gasteiger charge is -2.45. The molecule has 1 heterocycles. The molecule has 5 nitrogen and oxygen atoms in total. The van der Waals surface area contributed by atoms with E-state index in [0.717, 1.165) is 6.42 Å². The number of sulfonamides is 1. The first-order valence-electron chi connectivity index (χ1n) is 6.37. The number of aryl methyl sites for hydroxylation is 1. The van der Waals surface area contributed by atoms with Crippen molar-refractivity contribution in [2.75, 3.05) is 18.8 Å². The van der Waals surface area contributed by atoms with Crippen LogP contribution in [0.3, 0.4) is 0 Å². The summed E-state index contributed by atoms with van der Waals surface area (Å²) in [5.74, 6) is 0. The molecule has 1 fully saturated rings. The predicted molar refractivity (Wildman–Crippen MR) is 74.2 cm³/mol. The van der Waals surface area contributed by atoms with Gasteiger partial charge in [-0.3, -0.25) is 0 Å². The van der Waals surface area contributed by atoms with Crippen LogP contribution in [0.25, 0.3) is 0 Å². The molecule has 2 rings (SSSR count). The highest BCUT2D eigenvalue weighted by molar-refractivity contribution is 7.89. The first-order chi connectivity index (χ1) is 8.78. The Labute approximate surface area is 114 Å². The molecule has 19 heavy (non-hydrogen) atoms. The summed E-state index contributed by atoms with van der Waals surface area (Å²) < 4.78 is 26.2. The molecule has 1 saturated heterocycles. The summed E-state index contributed by atoms with van der Waals surface area (Å²) in [5.41, 5.74) is 5.88. The number of benzene rings is 1. The Morgan fingerprint density at radius 3 is 2.63 bits per heavy atom. The van der Waals surface area contributed by atoms with E-state index in [9.17, 15) is 13.5 Å². The van der Waals surface area contributed by atoms with Crippen molar-refractivity contribution in [1.82, 2.24) is 4.31 Å². The average Bonchev–Trinajstić information content (AvgIpc) is 2.29. The highest BCUT2D eigenvalue weighted by Gasteiger charge is 2.46. The zero-order chi connectivity index (χ0) is 14.3. The number of hydrogen-bond acceptors (Lipinski definition) is 4. The van der Waals surface area contributed by atoms with Crippen LogP contribution in [0.4, 0.5) is 5.69 Å². The van der Waals surface area contributed by atoms with Gasteiger partial charge in [-0.15, -0.1) is 0 Å². The topological polar surface area (TPSA) is 83.6 Å². The standard InChI is InChI=1S/C13H20N2O3S/c1-3-6-13(16)8-15(9-13)19(17,18)12-7-11(14)5-4-10(12)2/h4-5,7,16H,3,6,8-9,14H2,1-2H3. The van der Waals surface area contributed by atoms with Crippen molar-refractivity contribution in [3.63, 3.8) is 0 Å². The minimum absolute atomic E-state index is 0.164. The van der Waals surface area contributed by atoms with E-state index >= 15 is 0 Å². The molecule has 6 heteroatoms. The van der Waals surface area contributed by atoms with Crippen molar-refractivity contribution >= 4 is 15.7 Å². The van der Waals surface area contributed by atoms with Crippen LogP contribution >= 0.6 is 0 Å². The highest BCUT2D eigenvalue weighted by Crippen LogP contribution is 2.32. The molecular weight excluding hydrogens is 264 g/mol. The van der Waals surface area contributed by atoms with Crippen molar-refractivity contribution < 1.29 is 13.5 Å². The molecule has 1 aromatic rings. The van der Waals surface area contributed by atoms with Crippen LogP contribution < -0.4 is 5.73 Å². The average molecular weight is 284 g/mol. The lowest BCUT2D eigenvalue weighted by Crippen LogP contribution is -2.63. The van der Waals surface area contributed by atoms with Gasteiger partial charge in [0.25, 0.3) is 0 Å². The second-order valence-electron chi connectivity index (χ2n) is 5.27. The third kappa shape index (κ3) is 2.61. The number of nitrogens with zero attached hydrogens (tertiary/aromatic N) is 1. The van der Waals surface area contributed by atoms with Gasteiger partial charge in [0, 0.05) is 18.8 Å². The van der Waals surface area contributed by atoms with Gasteiger partial charge in [0.05, 0.1) is 10.5 Å². The molecule has 0 amide bonds. The van der Waals surface area contributed by atoms with E-state index in [1.54, 1.807) is 19.1 Å². The first kappa shape index (κ1) is 14.3. The number of nitrogen functional groups attached to an aromatic ring is 1. The third-order valence-electron chi connectivity index (χ3n) is 3.49. The molecule has 0 radical (unpaired) electrons. The number of rotatable bonds is 4. The van der Waals surface area contributed by atoms with Gasteiger partial charge in [-0.1, -0.05) is 19.4 Å². The predicted octanol–water partition coefficient (Wildman–Crippen LogP) is 1.11. The lowest BCUT2D eigenvalue weighted by atomic mass is 9.92. The third-order valence-corrected chi connectivity index (χ3v) is 5.42. The van der Waals surface area contributed by atoms with Gasteiger partial charge < -0.3 is 10.8 Å². The lowest BCUT2D eigenvalue weighted by molar-refractivity contribution is -0.0653. The van der Waals surface area contributed by atoms with Crippen LogP contribution in [0.5, 0.6) is 0 Å². The zero-order valence-electron chi connectivity index (χ0n) is 11.3. The molecule has 0 aliphatic carbocycles. The van der Waals surface area contributed by atoms with Gasteiger partial charge in [-0.25, -0.2) is 8.42 Å². The van der Waals surface area contributed by atoms with Crippen LogP contribution in [0, 0.1) is 6.92 Å². The number of hydrogen-bond donors (Lipinski definition) is 2. The Morgan fingerprint density at radius 2 is 2.05 bits per heavy atom. The molecular formula is C13H20N2O3S. The minimum Gasteiger partial charge on any atom is -0.399 e. The summed E-state index contributed by atoms with van der Waals surface area (Å²) >= 11 is 0. The maximum atomic E-state index is 12.4. The smallest absolute Gasteiger partial charge is 0.243 e. The van der Waals surface area contributed by atoms with Gasteiger partial charge in [0.2, 0.25) is 10.0 Å². The van der Waals surface area contributed by atoms with Gasteiger partial charge in [-0.2, -0.15) is 4.31 Å². The largest absolute Gasteiger partial charge is 0.399 e. The SMILES string of the molecule is CCCC1(O)CN(S(=O)(=O)c2cc(N)ccc2C)C1. The van der Waals surface area contributed by atoms with Crippen LogP contribution in [-0.4, -0.2) is 36.5 Å². The fourth-order valence-electron chi connectivity index (χ4n) is 2.44. The van der Waals surface area contributed by atoms with Crippen LogP contribution in [0.15, 0.2) is 23.1 Å². The fourth-order valence-corrected chi connectivity index (χ4v) is 4.30. The van der Waals surface area contributed by atoms with Crippen molar-refractivity contribution in [1.29, 1.82) is 0 Å². The number of β-amino-alcohol motifs (C(OH)–C–C–N with tert-alkyl or cyclic N) is 1. The van der Waals surface area contributed by atoms with E-state index in [-0.39, 0.29) is 18.0 Å². The normalized spacial score (nSPS) is 19.1. The monoisotopic (exact) mass is 284 g/mol. The highest BCUT2D eigenvalue weighted by atomic mass is 32.2. The summed E-state index contributed by atoms with van der Waals surface area (Å²) in [6.07, 6.45) is 1.45. The second-order valence-corrected chi connectivity index (χ2v) is 7.18. The molecule has 3 N–H and O–H groups in total. The Balaban J connectivity index is 2.24. The fraction of sp³-hybridized carbons (Fsp3) is 0.538. The van der Waals surface area contributed by atoms with Gasteiger partial charge in [0.1, 0.15) is 0 Å². The van der Waals surface area contributed by atoms with E-state index in [0.29, 0.717) is 17.7 Å². The Morgan fingerprint density at radius 1 is 1.42 bits per heavy atom. The Hall–Kier alpha value is -1.11. The van der Waals surface area contributed by atoms with Crippen LogP contribution in [-0.2, 0) is 10.0 Å². The molecule has 0 aromatic heterocycles. The van der Waals surface area contributed by atoms with Crippen LogP contribution in [0.2, 0.25) is 0 Å². The van der Waals surface area contributed by atoms with Crippen molar-refractivity contribution in [2.24, 2.45) is 0 Å². The quantitative estimate of drug-likeness (QED) is 0.811. The molecule has 0 spiro atoms. The van der Waals surface area contributed by atoms with E-state index in [1.807, 2.05) is 6.92 Å². The molecule has 0 bridgehead atoms. The second kappa shape index (κ2) is 4.77. The molecule has 0 saturated carbocycles.